The molecule has 2 aliphatic rings. The smallest absolute Gasteiger partial charge is 0.396 e. The van der Waals surface area contributed by atoms with Crippen molar-refractivity contribution in [3.8, 4) is 0 Å². The number of halogens is 3. The third kappa shape index (κ3) is 2.69. The van der Waals surface area contributed by atoms with Gasteiger partial charge >= 0.3 is 6.18 Å². The highest BCUT2D eigenvalue weighted by Gasteiger charge is 2.55. The van der Waals surface area contributed by atoms with Crippen LogP contribution in [0.3, 0.4) is 0 Å². The highest BCUT2D eigenvalue weighted by atomic mass is 19.4. The normalized spacial score (nSPS) is 31.6. The van der Waals surface area contributed by atoms with Crippen molar-refractivity contribution in [2.24, 2.45) is 5.41 Å². The summed E-state index contributed by atoms with van der Waals surface area (Å²) in [5, 5.41) is 12.3. The van der Waals surface area contributed by atoms with E-state index in [1.54, 1.807) is 0 Å². The van der Waals surface area contributed by atoms with Gasteiger partial charge in [-0.05, 0) is 19.3 Å². The first kappa shape index (κ1) is 14.5. The number of alkyl halides is 3. The standard InChI is InChI=1S/C13H16F3N3O2/c14-13(15,16)9-3-10(19-8-18-9)17-5-12-2-1-11(4-12,6-20)7-21-12/h3,8,20H,1-2,4-7H2,(H,17,18,19). The van der Waals surface area contributed by atoms with Gasteiger partial charge in [0.15, 0.2) is 0 Å². The summed E-state index contributed by atoms with van der Waals surface area (Å²) in [4.78, 5) is 7.02. The maximum Gasteiger partial charge on any atom is 0.433 e. The predicted molar refractivity (Wildman–Crippen MR) is 67.6 cm³/mol. The van der Waals surface area contributed by atoms with Crippen molar-refractivity contribution in [3.63, 3.8) is 0 Å². The maximum absolute atomic E-state index is 12.6. The Bertz CT molecular complexity index is 528. The quantitative estimate of drug-likeness (QED) is 0.888. The van der Waals surface area contributed by atoms with Gasteiger partial charge in [-0.3, -0.25) is 0 Å². The van der Waals surface area contributed by atoms with E-state index in [1.165, 1.54) is 0 Å². The Morgan fingerprint density at radius 3 is 2.71 bits per heavy atom. The lowest BCUT2D eigenvalue weighted by Gasteiger charge is -2.28. The molecule has 1 saturated heterocycles. The van der Waals surface area contributed by atoms with Crippen molar-refractivity contribution >= 4 is 5.82 Å². The van der Waals surface area contributed by atoms with Crippen LogP contribution in [-0.4, -0.2) is 40.4 Å². The zero-order chi connectivity index (χ0) is 15.1. The van der Waals surface area contributed by atoms with E-state index in [-0.39, 0.29) is 17.8 Å². The third-order valence-corrected chi connectivity index (χ3v) is 4.38. The summed E-state index contributed by atoms with van der Waals surface area (Å²) >= 11 is 0. The Kier molecular flexibility index (Phi) is 3.32. The Morgan fingerprint density at radius 2 is 2.14 bits per heavy atom. The van der Waals surface area contributed by atoms with Gasteiger partial charge in [0.25, 0.3) is 0 Å². The summed E-state index contributed by atoms with van der Waals surface area (Å²) in [6, 6.07) is 0.889. The molecule has 5 nitrogen and oxygen atoms in total. The number of aliphatic hydroxyl groups is 1. The van der Waals surface area contributed by atoms with Gasteiger partial charge < -0.3 is 15.2 Å². The molecule has 21 heavy (non-hydrogen) atoms. The monoisotopic (exact) mass is 303 g/mol. The molecule has 0 aromatic carbocycles. The first-order valence-corrected chi connectivity index (χ1v) is 6.75. The second-order valence-corrected chi connectivity index (χ2v) is 5.95. The SMILES string of the molecule is OCC12CCC(CNc3cc(C(F)(F)F)ncn3)(C1)OC2. The van der Waals surface area contributed by atoms with Crippen molar-refractivity contribution in [1.29, 1.82) is 0 Å². The van der Waals surface area contributed by atoms with Crippen LogP contribution >= 0.6 is 0 Å². The van der Waals surface area contributed by atoms with Crippen molar-refractivity contribution in [3.05, 3.63) is 18.1 Å². The van der Waals surface area contributed by atoms with Crippen LogP contribution < -0.4 is 5.32 Å². The number of ether oxygens (including phenoxy) is 1. The minimum atomic E-state index is -4.49. The van der Waals surface area contributed by atoms with Crippen LogP contribution in [0.5, 0.6) is 0 Å². The first-order valence-electron chi connectivity index (χ1n) is 6.75. The molecule has 1 saturated carbocycles. The van der Waals surface area contributed by atoms with E-state index in [0.29, 0.717) is 13.2 Å². The zero-order valence-electron chi connectivity index (χ0n) is 11.3. The lowest BCUT2D eigenvalue weighted by Crippen LogP contribution is -2.35. The molecular formula is C13H16F3N3O2. The summed E-state index contributed by atoms with van der Waals surface area (Å²) in [7, 11) is 0. The topological polar surface area (TPSA) is 67.3 Å². The fourth-order valence-corrected chi connectivity index (χ4v) is 3.15. The van der Waals surface area contributed by atoms with Gasteiger partial charge in [0.05, 0.1) is 18.8 Å². The zero-order valence-corrected chi connectivity index (χ0v) is 11.3. The highest BCUT2D eigenvalue weighted by Crippen LogP contribution is 2.52. The minimum absolute atomic E-state index is 0.0838. The van der Waals surface area contributed by atoms with Crippen LogP contribution in [0.15, 0.2) is 12.4 Å². The van der Waals surface area contributed by atoms with Gasteiger partial charge in [0.2, 0.25) is 0 Å². The number of hydrogen-bond donors (Lipinski definition) is 2. The Balaban J connectivity index is 1.67. The molecule has 0 spiro atoms. The number of hydrogen-bond acceptors (Lipinski definition) is 5. The molecule has 2 heterocycles. The largest absolute Gasteiger partial charge is 0.433 e. The van der Waals surface area contributed by atoms with Crippen LogP contribution in [-0.2, 0) is 10.9 Å². The van der Waals surface area contributed by atoms with E-state index in [1.807, 2.05) is 0 Å². The number of aromatic nitrogens is 2. The molecule has 1 aromatic heterocycles. The molecule has 3 rings (SSSR count). The molecule has 116 valence electrons. The molecule has 0 amide bonds. The second-order valence-electron chi connectivity index (χ2n) is 5.95. The predicted octanol–water partition coefficient (Wildman–Crippen LogP) is 1.84. The lowest BCUT2D eigenvalue weighted by atomic mass is 9.89. The molecular weight excluding hydrogens is 287 g/mol. The molecule has 1 aromatic rings. The summed E-state index contributed by atoms with van der Waals surface area (Å²) in [5.41, 5.74) is -1.56. The summed E-state index contributed by atoms with van der Waals surface area (Å²) in [6.45, 7) is 0.965. The van der Waals surface area contributed by atoms with Crippen LogP contribution in [0.1, 0.15) is 25.0 Å². The number of nitrogens with one attached hydrogen (secondary N) is 1. The van der Waals surface area contributed by atoms with Gasteiger partial charge in [-0.1, -0.05) is 0 Å². The van der Waals surface area contributed by atoms with E-state index in [2.05, 4.69) is 15.3 Å². The minimum Gasteiger partial charge on any atom is -0.396 e. The van der Waals surface area contributed by atoms with Crippen LogP contribution in [0.2, 0.25) is 0 Å². The van der Waals surface area contributed by atoms with Crippen molar-refractivity contribution in [1.82, 2.24) is 9.97 Å². The summed E-state index contributed by atoms with van der Waals surface area (Å²) in [6.07, 6.45) is -1.20. The number of nitrogens with zero attached hydrogens (tertiary/aromatic N) is 2. The fourth-order valence-electron chi connectivity index (χ4n) is 3.15. The molecule has 2 N–H and O–H groups in total. The average molecular weight is 303 g/mol. The fraction of sp³-hybridized carbons (Fsp3) is 0.692. The Hall–Kier alpha value is -1.41. The summed E-state index contributed by atoms with van der Waals surface area (Å²) in [5.74, 6) is 0.128. The van der Waals surface area contributed by atoms with Crippen molar-refractivity contribution < 1.29 is 23.0 Å². The Morgan fingerprint density at radius 1 is 1.33 bits per heavy atom. The lowest BCUT2D eigenvalue weighted by molar-refractivity contribution is -0.141. The molecule has 2 fully saturated rings. The van der Waals surface area contributed by atoms with Gasteiger partial charge in [-0.15, -0.1) is 0 Å². The third-order valence-electron chi connectivity index (χ3n) is 4.38. The van der Waals surface area contributed by atoms with Gasteiger partial charge in [-0.2, -0.15) is 13.2 Å². The summed E-state index contributed by atoms with van der Waals surface area (Å²) < 4.78 is 43.5. The Labute approximate surface area is 119 Å². The van der Waals surface area contributed by atoms with E-state index >= 15 is 0 Å². The molecule has 2 atom stereocenters. The van der Waals surface area contributed by atoms with Crippen LogP contribution in [0, 0.1) is 5.41 Å². The average Bonchev–Trinajstić information content (AvgIpc) is 3.02. The molecule has 0 radical (unpaired) electrons. The molecule has 8 heteroatoms. The molecule has 2 unspecified atom stereocenters. The van der Waals surface area contributed by atoms with Gasteiger partial charge in [0.1, 0.15) is 17.8 Å². The number of rotatable bonds is 4. The first-order chi connectivity index (χ1) is 9.87. The van der Waals surface area contributed by atoms with E-state index in [4.69, 9.17) is 4.74 Å². The molecule has 1 aliphatic carbocycles. The van der Waals surface area contributed by atoms with Gasteiger partial charge in [-0.25, -0.2) is 9.97 Å². The van der Waals surface area contributed by atoms with E-state index in [0.717, 1.165) is 31.7 Å². The van der Waals surface area contributed by atoms with E-state index < -0.39 is 17.5 Å². The van der Waals surface area contributed by atoms with Crippen molar-refractivity contribution in [2.45, 2.75) is 31.0 Å². The number of fused-ring (bicyclic) bond motifs is 2. The molecule has 1 aliphatic heterocycles. The number of anilines is 1. The van der Waals surface area contributed by atoms with Crippen LogP contribution in [0.25, 0.3) is 0 Å². The second kappa shape index (κ2) is 4.81. The van der Waals surface area contributed by atoms with Gasteiger partial charge in [0, 0.05) is 18.0 Å². The van der Waals surface area contributed by atoms with Crippen molar-refractivity contribution in [2.75, 3.05) is 25.1 Å². The van der Waals surface area contributed by atoms with Crippen LogP contribution in [0.4, 0.5) is 19.0 Å². The number of aliphatic hydroxyl groups excluding tert-OH is 1. The van der Waals surface area contributed by atoms with E-state index in [9.17, 15) is 18.3 Å². The molecule has 2 bridgehead atoms. The maximum atomic E-state index is 12.6. The highest BCUT2D eigenvalue weighted by molar-refractivity contribution is 5.36.